The highest BCUT2D eigenvalue weighted by Crippen LogP contribution is 2.43. The summed E-state index contributed by atoms with van der Waals surface area (Å²) in [5.41, 5.74) is -1.18. The predicted octanol–water partition coefficient (Wildman–Crippen LogP) is 2.31. The van der Waals surface area contributed by atoms with Crippen molar-refractivity contribution in [2.45, 2.75) is 50.7 Å². The van der Waals surface area contributed by atoms with E-state index in [2.05, 4.69) is 4.98 Å². The molecule has 6 heteroatoms. The summed E-state index contributed by atoms with van der Waals surface area (Å²) >= 11 is 0. The highest BCUT2D eigenvalue weighted by Gasteiger charge is 2.53. The van der Waals surface area contributed by atoms with Gasteiger partial charge in [-0.15, -0.1) is 0 Å². The lowest BCUT2D eigenvalue weighted by Gasteiger charge is -2.43. The number of halogens is 1. The zero-order chi connectivity index (χ0) is 17.5. The lowest BCUT2D eigenvalue weighted by Crippen LogP contribution is -2.56. The molecule has 3 fully saturated rings. The van der Waals surface area contributed by atoms with E-state index in [9.17, 15) is 14.0 Å². The Hall–Kier alpha value is -1.98. The van der Waals surface area contributed by atoms with Gasteiger partial charge in [0.2, 0.25) is 5.91 Å². The molecule has 1 atom stereocenters. The van der Waals surface area contributed by atoms with Crippen molar-refractivity contribution >= 4 is 11.8 Å². The minimum absolute atomic E-state index is 0.107. The number of likely N-dealkylation sites (tertiary alicyclic amines) is 2. The normalized spacial score (nSPS) is 28.3. The van der Waals surface area contributed by atoms with E-state index in [-0.39, 0.29) is 5.91 Å². The zero-order valence-corrected chi connectivity index (χ0v) is 14.4. The lowest BCUT2D eigenvalue weighted by molar-refractivity contribution is -0.156. The second-order valence-corrected chi connectivity index (χ2v) is 7.77. The van der Waals surface area contributed by atoms with Crippen LogP contribution in [0.25, 0.3) is 0 Å². The second-order valence-electron chi connectivity index (χ2n) is 7.77. The van der Waals surface area contributed by atoms with E-state index < -0.39 is 17.0 Å². The summed E-state index contributed by atoms with van der Waals surface area (Å²) in [6.07, 6.45) is 7.24. The minimum Gasteiger partial charge on any atom is -0.339 e. The fourth-order valence-corrected chi connectivity index (χ4v) is 4.42. The van der Waals surface area contributed by atoms with Crippen molar-refractivity contribution in [1.29, 1.82) is 0 Å². The van der Waals surface area contributed by atoms with Gasteiger partial charge in [0.05, 0.1) is 5.41 Å². The summed E-state index contributed by atoms with van der Waals surface area (Å²) in [6, 6.07) is 3.83. The summed E-state index contributed by atoms with van der Waals surface area (Å²) in [7, 11) is 0. The smallest absolute Gasteiger partial charge is 0.260 e. The number of amides is 2. The van der Waals surface area contributed by atoms with E-state index in [0.717, 1.165) is 31.2 Å². The van der Waals surface area contributed by atoms with Crippen molar-refractivity contribution in [3.63, 3.8) is 0 Å². The molecule has 2 aliphatic heterocycles. The van der Waals surface area contributed by atoms with Gasteiger partial charge in [0.1, 0.15) is 0 Å². The van der Waals surface area contributed by atoms with Gasteiger partial charge in [0, 0.05) is 38.6 Å². The molecular formula is C19H24FN3O2. The number of nitrogens with zero attached hydrogens (tertiary/aromatic N) is 3. The number of hydrogen-bond donors (Lipinski definition) is 0. The Balaban J connectivity index is 1.46. The molecule has 25 heavy (non-hydrogen) atoms. The van der Waals surface area contributed by atoms with Crippen LogP contribution in [0.2, 0.25) is 0 Å². The molecular weight excluding hydrogens is 321 g/mol. The molecule has 1 saturated carbocycles. The standard InChI is InChI=1S/C19H24FN3O2/c20-19(6-2-7-19)17(25)23-10-3-5-18(14-23)8-11-22(16(18)24)13-15-4-1-9-21-12-15/h1,4,9,12H,2-3,5-8,10-11,13-14H2/t18-/m1/s1. The van der Waals surface area contributed by atoms with Crippen molar-refractivity contribution in [1.82, 2.24) is 14.8 Å². The first-order valence-corrected chi connectivity index (χ1v) is 9.19. The van der Waals surface area contributed by atoms with E-state index in [1.165, 1.54) is 0 Å². The molecule has 1 aliphatic carbocycles. The monoisotopic (exact) mass is 345 g/mol. The molecule has 2 saturated heterocycles. The lowest BCUT2D eigenvalue weighted by atomic mass is 9.76. The van der Waals surface area contributed by atoms with Gasteiger partial charge in [0.25, 0.3) is 5.91 Å². The van der Waals surface area contributed by atoms with Crippen LogP contribution in [-0.2, 0) is 16.1 Å². The van der Waals surface area contributed by atoms with Crippen LogP contribution in [0.5, 0.6) is 0 Å². The number of piperidine rings is 1. The summed E-state index contributed by atoms with van der Waals surface area (Å²) in [6.45, 7) is 2.19. The van der Waals surface area contributed by atoms with Crippen LogP contribution >= 0.6 is 0 Å². The molecule has 5 nitrogen and oxygen atoms in total. The van der Waals surface area contributed by atoms with Crippen molar-refractivity contribution in [3.8, 4) is 0 Å². The van der Waals surface area contributed by atoms with Gasteiger partial charge in [0.15, 0.2) is 5.67 Å². The van der Waals surface area contributed by atoms with Gasteiger partial charge < -0.3 is 9.80 Å². The van der Waals surface area contributed by atoms with E-state index in [1.807, 2.05) is 17.0 Å². The fraction of sp³-hybridized carbons (Fsp3) is 0.632. The molecule has 1 spiro atoms. The first-order valence-electron chi connectivity index (χ1n) is 9.19. The molecule has 3 heterocycles. The Bertz CT molecular complexity index is 677. The number of aromatic nitrogens is 1. The number of alkyl halides is 1. The molecule has 4 rings (SSSR count). The van der Waals surface area contributed by atoms with Crippen molar-refractivity contribution in [3.05, 3.63) is 30.1 Å². The first-order chi connectivity index (χ1) is 12.0. The Morgan fingerprint density at radius 3 is 2.72 bits per heavy atom. The van der Waals surface area contributed by atoms with Gasteiger partial charge >= 0.3 is 0 Å². The van der Waals surface area contributed by atoms with Crippen LogP contribution in [0.3, 0.4) is 0 Å². The van der Waals surface area contributed by atoms with Crippen LogP contribution in [0, 0.1) is 5.41 Å². The maximum absolute atomic E-state index is 14.5. The molecule has 0 bridgehead atoms. The fourth-order valence-electron chi connectivity index (χ4n) is 4.42. The largest absolute Gasteiger partial charge is 0.339 e. The molecule has 3 aliphatic rings. The van der Waals surface area contributed by atoms with Gasteiger partial charge in [-0.05, 0) is 50.2 Å². The summed E-state index contributed by atoms with van der Waals surface area (Å²) < 4.78 is 14.5. The first kappa shape index (κ1) is 16.5. The van der Waals surface area contributed by atoms with Crippen molar-refractivity contribution in [2.75, 3.05) is 19.6 Å². The molecule has 0 N–H and O–H groups in total. The topological polar surface area (TPSA) is 53.5 Å². The van der Waals surface area contributed by atoms with Crippen molar-refractivity contribution in [2.24, 2.45) is 5.41 Å². The summed E-state index contributed by atoms with van der Waals surface area (Å²) in [5.74, 6) is -0.285. The number of pyridine rings is 1. The highest BCUT2D eigenvalue weighted by atomic mass is 19.1. The van der Waals surface area contributed by atoms with Crippen LogP contribution in [0.4, 0.5) is 4.39 Å². The van der Waals surface area contributed by atoms with Crippen molar-refractivity contribution < 1.29 is 14.0 Å². The molecule has 2 amide bonds. The third kappa shape index (κ3) is 2.81. The third-order valence-corrected chi connectivity index (χ3v) is 6.09. The predicted molar refractivity (Wildman–Crippen MR) is 90.2 cm³/mol. The second kappa shape index (κ2) is 6.07. The SMILES string of the molecule is O=C(N1CCC[C@@]2(CCN(Cc3cccnc3)C2=O)C1)C1(F)CCC1. The molecule has 0 unspecified atom stereocenters. The molecule has 1 aromatic heterocycles. The maximum atomic E-state index is 14.5. The number of carbonyl (C=O) groups excluding carboxylic acids is 2. The summed E-state index contributed by atoms with van der Waals surface area (Å²) in [4.78, 5) is 33.2. The van der Waals surface area contributed by atoms with E-state index in [4.69, 9.17) is 0 Å². The van der Waals surface area contributed by atoms with Crippen LogP contribution < -0.4 is 0 Å². The average molecular weight is 345 g/mol. The van der Waals surface area contributed by atoms with E-state index in [0.29, 0.717) is 39.0 Å². The van der Waals surface area contributed by atoms with E-state index in [1.54, 1.807) is 17.3 Å². The van der Waals surface area contributed by atoms with Gasteiger partial charge in [-0.1, -0.05) is 6.07 Å². The maximum Gasteiger partial charge on any atom is 0.260 e. The summed E-state index contributed by atoms with van der Waals surface area (Å²) in [5, 5.41) is 0. The molecule has 0 radical (unpaired) electrons. The van der Waals surface area contributed by atoms with Crippen LogP contribution in [0.15, 0.2) is 24.5 Å². The number of hydrogen-bond acceptors (Lipinski definition) is 3. The average Bonchev–Trinajstić information content (AvgIpc) is 2.89. The third-order valence-electron chi connectivity index (χ3n) is 6.09. The van der Waals surface area contributed by atoms with E-state index >= 15 is 0 Å². The van der Waals surface area contributed by atoms with Gasteiger partial charge in [-0.3, -0.25) is 14.6 Å². The van der Waals surface area contributed by atoms with Gasteiger partial charge in [-0.25, -0.2) is 4.39 Å². The minimum atomic E-state index is -1.67. The molecule has 0 aromatic carbocycles. The Kier molecular flexibility index (Phi) is 4.01. The molecule has 134 valence electrons. The quantitative estimate of drug-likeness (QED) is 0.845. The Morgan fingerprint density at radius 1 is 1.20 bits per heavy atom. The Labute approximate surface area is 147 Å². The Morgan fingerprint density at radius 2 is 2.04 bits per heavy atom. The van der Waals surface area contributed by atoms with Crippen LogP contribution in [0.1, 0.15) is 44.1 Å². The number of rotatable bonds is 3. The van der Waals surface area contributed by atoms with Gasteiger partial charge in [-0.2, -0.15) is 0 Å². The molecule has 1 aromatic rings. The number of carbonyl (C=O) groups is 2. The van der Waals surface area contributed by atoms with Crippen LogP contribution in [-0.4, -0.2) is 51.9 Å². The zero-order valence-electron chi connectivity index (χ0n) is 14.4. The highest BCUT2D eigenvalue weighted by molar-refractivity contribution is 5.89.